The molecule has 1 N–H and O–H groups in total. The van der Waals surface area contributed by atoms with Crippen LogP contribution in [0.15, 0.2) is 18.2 Å². The molecule has 0 aromatic heterocycles. The van der Waals surface area contributed by atoms with E-state index in [0.717, 1.165) is 37.5 Å². The van der Waals surface area contributed by atoms with Crippen molar-refractivity contribution in [3.63, 3.8) is 0 Å². The standard InChI is InChI=1S/C18H29N3O3/c1-5-23-15-8-7-14(13-16(15)24-6-2)17(18(22)20(3)4)21-11-9-19-10-12-21/h7-8,13,17,19H,5-6,9-12H2,1-4H3. The van der Waals surface area contributed by atoms with Gasteiger partial charge in [0.2, 0.25) is 5.91 Å². The summed E-state index contributed by atoms with van der Waals surface area (Å²) in [5, 5.41) is 3.34. The average molecular weight is 335 g/mol. The van der Waals surface area contributed by atoms with Crippen LogP contribution in [0.3, 0.4) is 0 Å². The van der Waals surface area contributed by atoms with Gasteiger partial charge >= 0.3 is 0 Å². The minimum Gasteiger partial charge on any atom is -0.490 e. The summed E-state index contributed by atoms with van der Waals surface area (Å²) in [4.78, 5) is 16.7. The molecule has 1 amide bonds. The van der Waals surface area contributed by atoms with Gasteiger partial charge in [-0.1, -0.05) is 6.07 Å². The number of amides is 1. The number of ether oxygens (including phenoxy) is 2. The Bertz CT molecular complexity index is 542. The van der Waals surface area contributed by atoms with E-state index in [-0.39, 0.29) is 11.9 Å². The van der Waals surface area contributed by atoms with Gasteiger partial charge in [0.05, 0.1) is 13.2 Å². The predicted molar refractivity (Wildman–Crippen MR) is 94.7 cm³/mol. The summed E-state index contributed by atoms with van der Waals surface area (Å²) in [7, 11) is 3.60. The first kappa shape index (κ1) is 18.5. The maximum atomic E-state index is 12.8. The molecule has 1 aliphatic heterocycles. The Morgan fingerprint density at radius 1 is 1.17 bits per heavy atom. The lowest BCUT2D eigenvalue weighted by atomic mass is 10.0. The Labute approximate surface area is 144 Å². The van der Waals surface area contributed by atoms with Crippen molar-refractivity contribution in [2.24, 2.45) is 0 Å². The molecule has 24 heavy (non-hydrogen) atoms. The van der Waals surface area contributed by atoms with Crippen LogP contribution in [-0.4, -0.2) is 69.2 Å². The summed E-state index contributed by atoms with van der Waals surface area (Å²) in [6.45, 7) is 8.52. The fraction of sp³-hybridized carbons (Fsp3) is 0.611. The lowest BCUT2D eigenvalue weighted by Gasteiger charge is -2.35. The molecule has 1 aromatic rings. The maximum absolute atomic E-state index is 12.8. The number of likely N-dealkylation sites (N-methyl/N-ethyl adjacent to an activating group) is 1. The highest BCUT2D eigenvalue weighted by Gasteiger charge is 2.30. The van der Waals surface area contributed by atoms with Crippen molar-refractivity contribution >= 4 is 5.91 Å². The second-order valence-corrected chi connectivity index (χ2v) is 5.99. The number of benzene rings is 1. The van der Waals surface area contributed by atoms with Crippen molar-refractivity contribution in [3.8, 4) is 11.5 Å². The van der Waals surface area contributed by atoms with Crippen molar-refractivity contribution in [3.05, 3.63) is 23.8 Å². The molecular formula is C18H29N3O3. The second-order valence-electron chi connectivity index (χ2n) is 5.99. The van der Waals surface area contributed by atoms with Crippen LogP contribution in [0.4, 0.5) is 0 Å². The molecular weight excluding hydrogens is 306 g/mol. The van der Waals surface area contributed by atoms with Crippen LogP contribution in [0.25, 0.3) is 0 Å². The number of nitrogens with zero attached hydrogens (tertiary/aromatic N) is 2. The quantitative estimate of drug-likeness (QED) is 0.819. The van der Waals surface area contributed by atoms with Crippen LogP contribution in [0, 0.1) is 0 Å². The minimum atomic E-state index is -0.294. The molecule has 0 bridgehead atoms. The van der Waals surface area contributed by atoms with Crippen molar-refractivity contribution in [1.29, 1.82) is 0 Å². The molecule has 1 saturated heterocycles. The number of nitrogens with one attached hydrogen (secondary N) is 1. The first-order chi connectivity index (χ1) is 11.6. The van der Waals surface area contributed by atoms with Gasteiger partial charge in [0.15, 0.2) is 11.5 Å². The van der Waals surface area contributed by atoms with Crippen LogP contribution in [0.2, 0.25) is 0 Å². The topological polar surface area (TPSA) is 54.0 Å². The molecule has 0 saturated carbocycles. The molecule has 1 fully saturated rings. The highest BCUT2D eigenvalue weighted by Crippen LogP contribution is 2.33. The van der Waals surface area contributed by atoms with E-state index in [4.69, 9.17) is 9.47 Å². The number of rotatable bonds is 7. The van der Waals surface area contributed by atoms with Crippen molar-refractivity contribution < 1.29 is 14.3 Å². The normalized spacial score (nSPS) is 16.5. The van der Waals surface area contributed by atoms with Crippen molar-refractivity contribution in [2.75, 3.05) is 53.5 Å². The fourth-order valence-electron chi connectivity index (χ4n) is 2.93. The molecule has 1 aliphatic rings. The van der Waals surface area contributed by atoms with E-state index in [9.17, 15) is 4.79 Å². The Morgan fingerprint density at radius 2 is 1.79 bits per heavy atom. The van der Waals surface area contributed by atoms with E-state index in [1.54, 1.807) is 19.0 Å². The van der Waals surface area contributed by atoms with E-state index in [0.29, 0.717) is 19.0 Å². The van der Waals surface area contributed by atoms with Gasteiger partial charge in [0.1, 0.15) is 6.04 Å². The average Bonchev–Trinajstić information content (AvgIpc) is 2.58. The summed E-state index contributed by atoms with van der Waals surface area (Å²) in [5.74, 6) is 1.51. The van der Waals surface area contributed by atoms with Gasteiger partial charge in [-0.2, -0.15) is 0 Å². The third-order valence-electron chi connectivity index (χ3n) is 4.07. The summed E-state index contributed by atoms with van der Waals surface area (Å²) in [5.41, 5.74) is 0.947. The molecule has 2 rings (SSSR count). The second kappa shape index (κ2) is 8.89. The fourth-order valence-corrected chi connectivity index (χ4v) is 2.93. The van der Waals surface area contributed by atoms with Crippen LogP contribution < -0.4 is 14.8 Å². The number of carbonyl (C=O) groups is 1. The van der Waals surface area contributed by atoms with Crippen LogP contribution >= 0.6 is 0 Å². The van der Waals surface area contributed by atoms with Gasteiger partial charge in [-0.05, 0) is 31.5 Å². The largest absolute Gasteiger partial charge is 0.490 e. The highest BCUT2D eigenvalue weighted by atomic mass is 16.5. The van der Waals surface area contributed by atoms with E-state index in [2.05, 4.69) is 10.2 Å². The van der Waals surface area contributed by atoms with Crippen molar-refractivity contribution in [1.82, 2.24) is 15.1 Å². The first-order valence-corrected chi connectivity index (χ1v) is 8.64. The zero-order valence-electron chi connectivity index (χ0n) is 15.2. The van der Waals surface area contributed by atoms with Gasteiger partial charge in [0.25, 0.3) is 0 Å². The third-order valence-corrected chi connectivity index (χ3v) is 4.07. The summed E-state index contributed by atoms with van der Waals surface area (Å²) in [6, 6.07) is 5.53. The van der Waals surface area contributed by atoms with E-state index >= 15 is 0 Å². The molecule has 6 nitrogen and oxygen atoms in total. The molecule has 0 spiro atoms. The summed E-state index contributed by atoms with van der Waals surface area (Å²) in [6.07, 6.45) is 0. The zero-order valence-corrected chi connectivity index (χ0v) is 15.2. The number of hydrogen-bond donors (Lipinski definition) is 1. The van der Waals surface area contributed by atoms with E-state index in [1.165, 1.54) is 0 Å². The molecule has 0 radical (unpaired) electrons. The van der Waals surface area contributed by atoms with Gasteiger partial charge in [-0.25, -0.2) is 0 Å². The lowest BCUT2D eigenvalue weighted by Crippen LogP contribution is -2.49. The van der Waals surface area contributed by atoms with E-state index in [1.807, 2.05) is 32.0 Å². The number of carbonyl (C=O) groups excluding carboxylic acids is 1. The summed E-state index contributed by atoms with van der Waals surface area (Å²) < 4.78 is 11.4. The molecule has 1 unspecified atom stereocenters. The number of hydrogen-bond acceptors (Lipinski definition) is 5. The summed E-state index contributed by atoms with van der Waals surface area (Å²) >= 11 is 0. The molecule has 134 valence electrons. The zero-order chi connectivity index (χ0) is 17.5. The maximum Gasteiger partial charge on any atom is 0.244 e. The van der Waals surface area contributed by atoms with Crippen molar-refractivity contribution in [2.45, 2.75) is 19.9 Å². The Hall–Kier alpha value is -1.79. The highest BCUT2D eigenvalue weighted by molar-refractivity contribution is 5.83. The van der Waals surface area contributed by atoms with Gasteiger partial charge in [-0.15, -0.1) is 0 Å². The van der Waals surface area contributed by atoms with Crippen LogP contribution in [0.5, 0.6) is 11.5 Å². The van der Waals surface area contributed by atoms with Gasteiger partial charge in [-0.3, -0.25) is 9.69 Å². The smallest absolute Gasteiger partial charge is 0.244 e. The Kier molecular flexibility index (Phi) is 6.87. The molecule has 0 aliphatic carbocycles. The lowest BCUT2D eigenvalue weighted by molar-refractivity contribution is -0.135. The third kappa shape index (κ3) is 4.39. The molecule has 1 atom stereocenters. The Morgan fingerprint density at radius 3 is 2.38 bits per heavy atom. The SMILES string of the molecule is CCOc1ccc(C(C(=O)N(C)C)N2CCNCC2)cc1OCC. The predicted octanol–water partition coefficient (Wildman–Crippen LogP) is 1.52. The van der Waals surface area contributed by atoms with E-state index < -0.39 is 0 Å². The first-order valence-electron chi connectivity index (χ1n) is 8.64. The van der Waals surface area contributed by atoms with Crippen LogP contribution in [0.1, 0.15) is 25.5 Å². The molecule has 1 aromatic carbocycles. The van der Waals surface area contributed by atoms with Gasteiger partial charge in [0, 0.05) is 40.3 Å². The van der Waals surface area contributed by atoms with Gasteiger partial charge < -0.3 is 19.7 Å². The molecule has 6 heteroatoms. The van der Waals surface area contributed by atoms with Crippen LogP contribution in [-0.2, 0) is 4.79 Å². The molecule has 1 heterocycles. The number of piperazine rings is 1. The Balaban J connectivity index is 2.37. The minimum absolute atomic E-state index is 0.0866. The monoisotopic (exact) mass is 335 g/mol.